The van der Waals surface area contributed by atoms with Crippen LogP contribution >= 0.6 is 11.6 Å². The van der Waals surface area contributed by atoms with Crippen LogP contribution in [0, 0.1) is 12.8 Å². The van der Waals surface area contributed by atoms with Gasteiger partial charge in [-0.1, -0.05) is 18.5 Å². The van der Waals surface area contributed by atoms with Gasteiger partial charge >= 0.3 is 0 Å². The second-order valence-corrected chi connectivity index (χ2v) is 5.60. The SMILES string of the molecule is Cc1nn(C)c(CC2(O)CCC(C)C2)c1Cl. The van der Waals surface area contributed by atoms with Crippen molar-refractivity contribution in [2.24, 2.45) is 13.0 Å². The minimum Gasteiger partial charge on any atom is -0.389 e. The van der Waals surface area contributed by atoms with Crippen LogP contribution in [0.15, 0.2) is 0 Å². The highest BCUT2D eigenvalue weighted by atomic mass is 35.5. The van der Waals surface area contributed by atoms with E-state index in [0.717, 1.165) is 30.7 Å². The zero-order valence-corrected chi connectivity index (χ0v) is 10.9. The maximum Gasteiger partial charge on any atom is 0.0848 e. The molecule has 0 spiro atoms. The summed E-state index contributed by atoms with van der Waals surface area (Å²) in [5.74, 6) is 0.609. The molecule has 1 aliphatic rings. The van der Waals surface area contributed by atoms with E-state index in [1.54, 1.807) is 4.68 Å². The van der Waals surface area contributed by atoms with E-state index in [1.807, 2.05) is 14.0 Å². The van der Waals surface area contributed by atoms with Crippen LogP contribution in [-0.4, -0.2) is 20.5 Å². The highest BCUT2D eigenvalue weighted by Crippen LogP contribution is 2.37. The van der Waals surface area contributed by atoms with Gasteiger partial charge in [-0.25, -0.2) is 0 Å². The first-order valence-electron chi connectivity index (χ1n) is 5.82. The Balaban J connectivity index is 2.21. The molecule has 1 aromatic rings. The summed E-state index contributed by atoms with van der Waals surface area (Å²) in [5.41, 5.74) is 1.22. The first kappa shape index (κ1) is 11.9. The average molecular weight is 243 g/mol. The van der Waals surface area contributed by atoms with E-state index < -0.39 is 5.60 Å². The van der Waals surface area contributed by atoms with Gasteiger partial charge < -0.3 is 5.11 Å². The fraction of sp³-hybridized carbons (Fsp3) is 0.750. The van der Waals surface area contributed by atoms with Gasteiger partial charge in [-0.15, -0.1) is 0 Å². The van der Waals surface area contributed by atoms with Crippen molar-refractivity contribution in [2.45, 2.75) is 45.1 Å². The third kappa shape index (κ3) is 2.11. The van der Waals surface area contributed by atoms with Gasteiger partial charge in [-0.2, -0.15) is 5.10 Å². The quantitative estimate of drug-likeness (QED) is 0.865. The molecule has 0 bridgehead atoms. The number of nitrogens with zero attached hydrogens (tertiary/aromatic N) is 2. The van der Waals surface area contributed by atoms with Gasteiger partial charge in [0.25, 0.3) is 0 Å². The third-order valence-electron chi connectivity index (χ3n) is 3.59. The van der Waals surface area contributed by atoms with E-state index in [1.165, 1.54) is 0 Å². The van der Waals surface area contributed by atoms with E-state index in [4.69, 9.17) is 11.6 Å². The Morgan fingerprint density at radius 2 is 2.31 bits per heavy atom. The molecule has 1 fully saturated rings. The zero-order chi connectivity index (χ0) is 11.9. The van der Waals surface area contributed by atoms with E-state index >= 15 is 0 Å². The lowest BCUT2D eigenvalue weighted by molar-refractivity contribution is 0.0428. The van der Waals surface area contributed by atoms with E-state index in [2.05, 4.69) is 12.0 Å². The second-order valence-electron chi connectivity index (χ2n) is 5.22. The lowest BCUT2D eigenvalue weighted by Gasteiger charge is -2.22. The van der Waals surface area contributed by atoms with Crippen molar-refractivity contribution < 1.29 is 5.11 Å². The Kier molecular flexibility index (Phi) is 3.01. The number of aromatic nitrogens is 2. The van der Waals surface area contributed by atoms with E-state index in [9.17, 15) is 5.11 Å². The lowest BCUT2D eigenvalue weighted by Crippen LogP contribution is -2.29. The molecular formula is C12H19ClN2O. The molecule has 2 atom stereocenters. The molecule has 1 N–H and O–H groups in total. The number of halogens is 1. The van der Waals surface area contributed by atoms with Crippen molar-refractivity contribution in [1.82, 2.24) is 9.78 Å². The molecule has 0 aliphatic heterocycles. The van der Waals surface area contributed by atoms with Gasteiger partial charge in [0.15, 0.2) is 0 Å². The van der Waals surface area contributed by atoms with Gasteiger partial charge in [0.05, 0.1) is 22.0 Å². The summed E-state index contributed by atoms with van der Waals surface area (Å²) in [6.07, 6.45) is 3.46. The molecule has 4 heteroatoms. The van der Waals surface area contributed by atoms with Crippen LogP contribution in [0.25, 0.3) is 0 Å². The minimum atomic E-state index is -0.580. The van der Waals surface area contributed by atoms with Crippen LogP contribution < -0.4 is 0 Å². The summed E-state index contributed by atoms with van der Waals surface area (Å²) in [5, 5.41) is 15.5. The number of aryl methyl sites for hydroxylation is 2. The Labute approximate surface area is 101 Å². The van der Waals surface area contributed by atoms with Crippen molar-refractivity contribution in [3.63, 3.8) is 0 Å². The largest absolute Gasteiger partial charge is 0.389 e. The summed E-state index contributed by atoms with van der Waals surface area (Å²) in [6, 6.07) is 0. The van der Waals surface area contributed by atoms with Gasteiger partial charge in [0, 0.05) is 13.5 Å². The first-order chi connectivity index (χ1) is 7.41. The topological polar surface area (TPSA) is 38.0 Å². The zero-order valence-electron chi connectivity index (χ0n) is 10.1. The van der Waals surface area contributed by atoms with Gasteiger partial charge in [0.2, 0.25) is 0 Å². The van der Waals surface area contributed by atoms with Crippen LogP contribution in [-0.2, 0) is 13.5 Å². The molecule has 1 aromatic heterocycles. The molecule has 1 aliphatic carbocycles. The van der Waals surface area contributed by atoms with Crippen molar-refractivity contribution in [3.05, 3.63) is 16.4 Å². The molecule has 0 radical (unpaired) electrons. The average Bonchev–Trinajstić information content (AvgIpc) is 2.63. The highest BCUT2D eigenvalue weighted by Gasteiger charge is 2.36. The summed E-state index contributed by atoms with van der Waals surface area (Å²) < 4.78 is 1.79. The third-order valence-corrected chi connectivity index (χ3v) is 4.08. The maximum absolute atomic E-state index is 10.5. The van der Waals surface area contributed by atoms with Crippen LogP contribution in [0.4, 0.5) is 0 Å². The van der Waals surface area contributed by atoms with E-state index in [-0.39, 0.29) is 0 Å². The predicted molar refractivity (Wildman–Crippen MR) is 64.6 cm³/mol. The standard InChI is InChI=1S/C12H19ClN2O/c1-8-4-5-12(16,6-8)7-10-11(13)9(2)14-15(10)3/h8,16H,4-7H2,1-3H3. The molecule has 90 valence electrons. The maximum atomic E-state index is 10.5. The predicted octanol–water partition coefficient (Wildman–Crippen LogP) is 2.48. The van der Waals surface area contributed by atoms with E-state index in [0.29, 0.717) is 17.4 Å². The lowest BCUT2D eigenvalue weighted by atomic mass is 9.94. The van der Waals surface area contributed by atoms with Crippen molar-refractivity contribution in [2.75, 3.05) is 0 Å². The molecule has 0 amide bonds. The van der Waals surface area contributed by atoms with Crippen molar-refractivity contribution >= 4 is 11.6 Å². The highest BCUT2D eigenvalue weighted by molar-refractivity contribution is 6.31. The number of hydrogen-bond acceptors (Lipinski definition) is 2. The van der Waals surface area contributed by atoms with Gasteiger partial charge in [0.1, 0.15) is 0 Å². The van der Waals surface area contributed by atoms with Crippen LogP contribution in [0.2, 0.25) is 5.02 Å². The molecule has 3 nitrogen and oxygen atoms in total. The van der Waals surface area contributed by atoms with Gasteiger partial charge in [-0.3, -0.25) is 4.68 Å². The number of rotatable bonds is 2. The van der Waals surface area contributed by atoms with Crippen LogP contribution in [0.5, 0.6) is 0 Å². The fourth-order valence-electron chi connectivity index (χ4n) is 2.71. The van der Waals surface area contributed by atoms with Crippen molar-refractivity contribution in [3.8, 4) is 0 Å². The molecule has 1 saturated carbocycles. The summed E-state index contributed by atoms with van der Waals surface area (Å²) in [4.78, 5) is 0. The normalized spacial score (nSPS) is 29.9. The minimum absolute atomic E-state index is 0.580. The van der Waals surface area contributed by atoms with Crippen LogP contribution in [0.1, 0.15) is 37.6 Å². The molecule has 16 heavy (non-hydrogen) atoms. The summed E-state index contributed by atoms with van der Waals surface area (Å²) in [6.45, 7) is 4.08. The Bertz CT molecular complexity index is 402. The number of hydrogen-bond donors (Lipinski definition) is 1. The molecule has 2 rings (SSSR count). The Morgan fingerprint density at radius 1 is 1.62 bits per heavy atom. The monoisotopic (exact) mass is 242 g/mol. The molecule has 0 aromatic carbocycles. The van der Waals surface area contributed by atoms with Gasteiger partial charge in [-0.05, 0) is 32.1 Å². The molecule has 2 unspecified atom stereocenters. The molecule has 1 heterocycles. The fourth-order valence-corrected chi connectivity index (χ4v) is 2.94. The van der Waals surface area contributed by atoms with Crippen molar-refractivity contribution in [1.29, 1.82) is 0 Å². The Hall–Kier alpha value is -0.540. The molecule has 0 saturated heterocycles. The summed E-state index contributed by atoms with van der Waals surface area (Å²) in [7, 11) is 1.88. The second kappa shape index (κ2) is 4.04. The smallest absolute Gasteiger partial charge is 0.0848 e. The van der Waals surface area contributed by atoms with Crippen LogP contribution in [0.3, 0.4) is 0 Å². The Morgan fingerprint density at radius 3 is 2.75 bits per heavy atom. The molecular weight excluding hydrogens is 224 g/mol. The first-order valence-corrected chi connectivity index (χ1v) is 6.19. The number of aliphatic hydroxyl groups is 1. The summed E-state index contributed by atoms with van der Waals surface area (Å²) >= 11 is 6.20.